The van der Waals surface area contributed by atoms with Gasteiger partial charge in [-0.2, -0.15) is 0 Å². The standard InChI is InChI=1S/C12H25O3/c1-5-8-10-14-12(4,13-7-3)15-11-9-6-2/h4-11H2,1-3H3. The molecule has 3 heteroatoms. The molecule has 0 heterocycles. The summed E-state index contributed by atoms with van der Waals surface area (Å²) in [5.41, 5.74) is 0. The Kier molecular flexibility index (Phi) is 9.06. The predicted molar refractivity (Wildman–Crippen MR) is 61.4 cm³/mol. The van der Waals surface area contributed by atoms with E-state index in [-0.39, 0.29) is 0 Å². The summed E-state index contributed by atoms with van der Waals surface area (Å²) in [6, 6.07) is 0. The van der Waals surface area contributed by atoms with Gasteiger partial charge in [-0.05, 0) is 19.8 Å². The molecule has 0 N–H and O–H groups in total. The smallest absolute Gasteiger partial charge is 0.283 e. The Labute approximate surface area is 94.1 Å². The van der Waals surface area contributed by atoms with E-state index in [0.29, 0.717) is 19.8 Å². The van der Waals surface area contributed by atoms with Crippen molar-refractivity contribution in [2.24, 2.45) is 0 Å². The van der Waals surface area contributed by atoms with Crippen LogP contribution in [0.4, 0.5) is 0 Å². The van der Waals surface area contributed by atoms with Gasteiger partial charge in [0, 0.05) is 13.5 Å². The number of rotatable bonds is 10. The lowest BCUT2D eigenvalue weighted by molar-refractivity contribution is -0.351. The van der Waals surface area contributed by atoms with Gasteiger partial charge in [0.1, 0.15) is 0 Å². The average Bonchev–Trinajstić information content (AvgIpc) is 2.19. The highest BCUT2D eigenvalue weighted by Gasteiger charge is 2.26. The highest BCUT2D eigenvalue weighted by molar-refractivity contribution is 4.60. The lowest BCUT2D eigenvalue weighted by Gasteiger charge is -2.29. The number of ether oxygens (including phenoxy) is 3. The van der Waals surface area contributed by atoms with Crippen molar-refractivity contribution in [2.75, 3.05) is 19.8 Å². The molecule has 0 aromatic rings. The van der Waals surface area contributed by atoms with Crippen molar-refractivity contribution in [1.82, 2.24) is 0 Å². The zero-order valence-electron chi connectivity index (χ0n) is 10.4. The van der Waals surface area contributed by atoms with E-state index in [0.717, 1.165) is 25.7 Å². The Morgan fingerprint density at radius 2 is 1.33 bits per heavy atom. The molecular weight excluding hydrogens is 192 g/mol. The molecule has 0 aliphatic rings. The van der Waals surface area contributed by atoms with Crippen molar-refractivity contribution < 1.29 is 14.2 Å². The summed E-state index contributed by atoms with van der Waals surface area (Å²) in [5, 5.41) is 0. The lowest BCUT2D eigenvalue weighted by atomic mass is 10.3. The van der Waals surface area contributed by atoms with Crippen molar-refractivity contribution in [3.05, 3.63) is 6.92 Å². The number of hydrogen-bond acceptors (Lipinski definition) is 3. The first-order valence-electron chi connectivity index (χ1n) is 5.95. The Balaban J connectivity index is 3.83. The van der Waals surface area contributed by atoms with Gasteiger partial charge in [0.15, 0.2) is 0 Å². The summed E-state index contributed by atoms with van der Waals surface area (Å²) >= 11 is 0. The minimum Gasteiger partial charge on any atom is -0.328 e. The highest BCUT2D eigenvalue weighted by atomic mass is 16.9. The monoisotopic (exact) mass is 217 g/mol. The molecule has 1 radical (unpaired) electrons. The number of hydrogen-bond donors (Lipinski definition) is 0. The van der Waals surface area contributed by atoms with Crippen LogP contribution in [0.25, 0.3) is 0 Å². The first kappa shape index (κ1) is 14.9. The maximum Gasteiger partial charge on any atom is 0.283 e. The van der Waals surface area contributed by atoms with Crippen molar-refractivity contribution in [2.45, 2.75) is 52.4 Å². The SMILES string of the molecule is [CH2]C(OCC)(OCCCC)OCCCC. The molecule has 0 aromatic carbocycles. The fourth-order valence-corrected chi connectivity index (χ4v) is 1.09. The van der Waals surface area contributed by atoms with Gasteiger partial charge in [-0.1, -0.05) is 26.7 Å². The van der Waals surface area contributed by atoms with E-state index in [1.807, 2.05) is 6.92 Å². The molecule has 0 fully saturated rings. The molecule has 91 valence electrons. The molecule has 0 saturated carbocycles. The highest BCUT2D eigenvalue weighted by Crippen LogP contribution is 2.15. The molecule has 0 aromatic heterocycles. The maximum absolute atomic E-state index is 5.50. The Bertz CT molecular complexity index is 127. The van der Waals surface area contributed by atoms with Gasteiger partial charge < -0.3 is 14.2 Å². The molecule has 0 unspecified atom stereocenters. The van der Waals surface area contributed by atoms with Gasteiger partial charge in [0.2, 0.25) is 0 Å². The molecule has 0 saturated heterocycles. The quantitative estimate of drug-likeness (QED) is 0.415. The summed E-state index contributed by atoms with van der Waals surface area (Å²) in [4.78, 5) is 0. The molecule has 0 spiro atoms. The minimum atomic E-state index is -1.10. The largest absolute Gasteiger partial charge is 0.328 e. The summed E-state index contributed by atoms with van der Waals surface area (Å²) < 4.78 is 16.4. The van der Waals surface area contributed by atoms with Gasteiger partial charge in [-0.25, -0.2) is 0 Å². The second kappa shape index (κ2) is 9.13. The Morgan fingerprint density at radius 1 is 0.867 bits per heavy atom. The first-order chi connectivity index (χ1) is 7.18. The summed E-state index contributed by atoms with van der Waals surface area (Å²) in [6.07, 6.45) is 4.19. The fourth-order valence-electron chi connectivity index (χ4n) is 1.09. The second-order valence-corrected chi connectivity index (χ2v) is 3.52. The van der Waals surface area contributed by atoms with Crippen LogP contribution in [0.2, 0.25) is 0 Å². The van der Waals surface area contributed by atoms with Crippen LogP contribution >= 0.6 is 0 Å². The van der Waals surface area contributed by atoms with E-state index < -0.39 is 5.97 Å². The van der Waals surface area contributed by atoms with E-state index in [1.54, 1.807) is 0 Å². The lowest BCUT2D eigenvalue weighted by Crippen LogP contribution is -2.37. The third kappa shape index (κ3) is 7.77. The van der Waals surface area contributed by atoms with Crippen LogP contribution in [0.15, 0.2) is 0 Å². The van der Waals surface area contributed by atoms with Gasteiger partial charge in [-0.15, -0.1) is 0 Å². The van der Waals surface area contributed by atoms with Crippen molar-refractivity contribution in [3.8, 4) is 0 Å². The number of unbranched alkanes of at least 4 members (excludes halogenated alkanes) is 2. The van der Waals surface area contributed by atoms with Crippen molar-refractivity contribution in [3.63, 3.8) is 0 Å². The summed E-state index contributed by atoms with van der Waals surface area (Å²) in [6.45, 7) is 11.8. The third-order valence-electron chi connectivity index (χ3n) is 2.00. The molecule has 3 nitrogen and oxygen atoms in total. The van der Waals surface area contributed by atoms with Crippen molar-refractivity contribution in [1.29, 1.82) is 0 Å². The molecule has 0 aliphatic carbocycles. The zero-order chi connectivity index (χ0) is 11.6. The van der Waals surface area contributed by atoms with Gasteiger partial charge in [0.05, 0.1) is 13.2 Å². The summed E-state index contributed by atoms with van der Waals surface area (Å²) in [7, 11) is 0. The molecule has 0 rings (SSSR count). The molecule has 15 heavy (non-hydrogen) atoms. The molecule has 0 aliphatic heterocycles. The van der Waals surface area contributed by atoms with Crippen molar-refractivity contribution >= 4 is 0 Å². The summed E-state index contributed by atoms with van der Waals surface area (Å²) in [5.74, 6) is -1.10. The molecule has 0 amide bonds. The second-order valence-electron chi connectivity index (χ2n) is 3.52. The zero-order valence-corrected chi connectivity index (χ0v) is 10.4. The van der Waals surface area contributed by atoms with E-state index in [2.05, 4.69) is 20.8 Å². The topological polar surface area (TPSA) is 27.7 Å². The minimum absolute atomic E-state index is 0.543. The van der Waals surface area contributed by atoms with Gasteiger partial charge >= 0.3 is 0 Å². The normalized spacial score (nSPS) is 12.0. The van der Waals surface area contributed by atoms with E-state index in [4.69, 9.17) is 14.2 Å². The Hall–Kier alpha value is -0.120. The van der Waals surface area contributed by atoms with E-state index in [9.17, 15) is 0 Å². The first-order valence-corrected chi connectivity index (χ1v) is 5.95. The van der Waals surface area contributed by atoms with Crippen LogP contribution in [0.1, 0.15) is 46.5 Å². The van der Waals surface area contributed by atoms with E-state index >= 15 is 0 Å². The van der Waals surface area contributed by atoms with E-state index in [1.165, 1.54) is 0 Å². The average molecular weight is 217 g/mol. The van der Waals surface area contributed by atoms with Gasteiger partial charge in [-0.3, -0.25) is 0 Å². The Morgan fingerprint density at radius 3 is 1.67 bits per heavy atom. The van der Waals surface area contributed by atoms with Crippen LogP contribution in [0, 0.1) is 6.92 Å². The van der Waals surface area contributed by atoms with Crippen LogP contribution in [0.5, 0.6) is 0 Å². The van der Waals surface area contributed by atoms with Gasteiger partial charge in [0.25, 0.3) is 5.97 Å². The molecular formula is C12H25O3. The fraction of sp³-hybridized carbons (Fsp3) is 0.917. The van der Waals surface area contributed by atoms with Crippen LogP contribution in [0.3, 0.4) is 0 Å². The predicted octanol–water partition coefficient (Wildman–Crippen LogP) is 3.14. The maximum atomic E-state index is 5.50. The third-order valence-corrected chi connectivity index (χ3v) is 2.00. The molecule has 0 atom stereocenters. The van der Waals surface area contributed by atoms with Crippen LogP contribution < -0.4 is 0 Å². The van der Waals surface area contributed by atoms with Crippen LogP contribution in [-0.4, -0.2) is 25.8 Å². The van der Waals surface area contributed by atoms with Crippen LogP contribution in [-0.2, 0) is 14.2 Å². The molecule has 0 bridgehead atoms.